The predicted octanol–water partition coefficient (Wildman–Crippen LogP) is 5.51. The molecule has 0 heterocycles. The van der Waals surface area contributed by atoms with Gasteiger partial charge in [-0.2, -0.15) is 0 Å². The number of nitrogens with one attached hydrogen (secondary N) is 1. The van der Waals surface area contributed by atoms with Crippen LogP contribution in [0.15, 0.2) is 12.2 Å². The first-order valence-electron chi connectivity index (χ1n) is 12.3. The Morgan fingerprint density at radius 3 is 1.87 bits per heavy atom. The molecule has 0 spiro atoms. The van der Waals surface area contributed by atoms with E-state index < -0.39 is 5.97 Å². The number of unbranched alkanes of at least 4 members (excludes halogenated alkanes) is 11. The molecule has 184 valence electrons. The van der Waals surface area contributed by atoms with Gasteiger partial charge in [-0.25, -0.2) is 4.79 Å². The zero-order valence-corrected chi connectivity index (χ0v) is 20.5. The van der Waals surface area contributed by atoms with E-state index in [1.54, 1.807) is 0 Å². The minimum absolute atomic E-state index is 0. The smallest absolute Gasteiger partial charge is 0.359 e. The SMILES string of the molecule is CCCCCCCC/C=C\CCCCCCCC(=O)NCCC[N+](C)(C)CC(=O)O.[OH-]. The second-order valence-corrected chi connectivity index (χ2v) is 9.25. The van der Waals surface area contributed by atoms with Crippen LogP contribution in [-0.4, -0.2) is 60.7 Å². The molecule has 0 radical (unpaired) electrons. The fourth-order valence-corrected chi connectivity index (χ4v) is 3.62. The van der Waals surface area contributed by atoms with Gasteiger partial charge in [-0.15, -0.1) is 0 Å². The summed E-state index contributed by atoms with van der Waals surface area (Å²) in [6, 6.07) is 0. The molecule has 0 aliphatic rings. The molecule has 0 bridgehead atoms. The molecule has 0 aliphatic heterocycles. The topological polar surface area (TPSA) is 96.4 Å². The minimum Gasteiger partial charge on any atom is -0.870 e. The minimum atomic E-state index is -0.784. The van der Waals surface area contributed by atoms with Crippen LogP contribution in [0.5, 0.6) is 0 Å². The summed E-state index contributed by atoms with van der Waals surface area (Å²) >= 11 is 0. The lowest BCUT2D eigenvalue weighted by Gasteiger charge is -2.27. The van der Waals surface area contributed by atoms with Gasteiger partial charge in [0.1, 0.15) is 0 Å². The number of likely N-dealkylation sites (N-methyl/N-ethyl adjacent to an activating group) is 1. The van der Waals surface area contributed by atoms with Crippen molar-refractivity contribution in [2.24, 2.45) is 0 Å². The van der Waals surface area contributed by atoms with E-state index in [0.29, 0.717) is 17.4 Å². The Hall–Kier alpha value is -1.40. The van der Waals surface area contributed by atoms with Crippen molar-refractivity contribution in [1.29, 1.82) is 0 Å². The quantitative estimate of drug-likeness (QED) is 0.139. The predicted molar refractivity (Wildman–Crippen MR) is 128 cm³/mol. The summed E-state index contributed by atoms with van der Waals surface area (Å²) in [5.74, 6) is -0.663. The molecule has 0 atom stereocenters. The van der Waals surface area contributed by atoms with Crippen LogP contribution >= 0.6 is 0 Å². The van der Waals surface area contributed by atoms with Crippen molar-refractivity contribution in [2.75, 3.05) is 33.7 Å². The van der Waals surface area contributed by atoms with E-state index in [0.717, 1.165) is 25.8 Å². The number of carboxylic acid groups (broad SMARTS) is 1. The zero-order chi connectivity index (χ0) is 22.5. The first kappa shape index (κ1) is 31.8. The maximum Gasteiger partial charge on any atom is 0.359 e. The Morgan fingerprint density at radius 2 is 1.32 bits per heavy atom. The maximum atomic E-state index is 11.9. The van der Waals surface area contributed by atoms with Gasteiger partial charge in [0.15, 0.2) is 6.54 Å². The maximum absolute atomic E-state index is 11.9. The Labute approximate surface area is 191 Å². The molecule has 0 saturated carbocycles. The van der Waals surface area contributed by atoms with Crippen LogP contribution in [0, 0.1) is 0 Å². The van der Waals surface area contributed by atoms with E-state index in [1.165, 1.54) is 70.6 Å². The zero-order valence-electron chi connectivity index (χ0n) is 20.5. The van der Waals surface area contributed by atoms with Crippen molar-refractivity contribution in [1.82, 2.24) is 5.32 Å². The Bertz CT molecular complexity index is 464. The largest absolute Gasteiger partial charge is 0.870 e. The number of allylic oxidation sites excluding steroid dienone is 2. The highest BCUT2D eigenvalue weighted by Crippen LogP contribution is 2.10. The molecule has 0 aromatic carbocycles. The summed E-state index contributed by atoms with van der Waals surface area (Å²) in [6.45, 7) is 3.76. The third-order valence-corrected chi connectivity index (χ3v) is 5.49. The van der Waals surface area contributed by atoms with Crippen LogP contribution in [0.4, 0.5) is 0 Å². The van der Waals surface area contributed by atoms with E-state index in [1.807, 2.05) is 14.1 Å². The number of rotatable bonds is 21. The summed E-state index contributed by atoms with van der Waals surface area (Å²) in [6.07, 6.45) is 22.5. The van der Waals surface area contributed by atoms with Crippen molar-refractivity contribution in [3.63, 3.8) is 0 Å². The number of nitrogens with zero attached hydrogens (tertiary/aromatic N) is 1. The number of hydrogen-bond donors (Lipinski definition) is 2. The molecular formula is C25H50N2O4. The number of carbonyl (C=O) groups is 2. The number of hydrogen-bond acceptors (Lipinski definition) is 3. The molecule has 3 N–H and O–H groups in total. The van der Waals surface area contributed by atoms with Crippen LogP contribution < -0.4 is 5.32 Å². The fraction of sp³-hybridized carbons (Fsp3) is 0.840. The molecule has 0 aromatic rings. The molecule has 6 nitrogen and oxygen atoms in total. The Balaban J connectivity index is 0. The summed E-state index contributed by atoms with van der Waals surface area (Å²) in [7, 11) is 3.81. The first-order valence-corrected chi connectivity index (χ1v) is 12.3. The summed E-state index contributed by atoms with van der Waals surface area (Å²) in [4.78, 5) is 22.6. The normalized spacial score (nSPS) is 11.5. The van der Waals surface area contributed by atoms with E-state index in [4.69, 9.17) is 5.11 Å². The van der Waals surface area contributed by atoms with Gasteiger partial charge in [0.2, 0.25) is 5.91 Å². The summed E-state index contributed by atoms with van der Waals surface area (Å²) in [5.41, 5.74) is 0. The van der Waals surface area contributed by atoms with Crippen molar-refractivity contribution >= 4 is 11.9 Å². The van der Waals surface area contributed by atoms with Crippen LogP contribution in [0.1, 0.15) is 103 Å². The highest BCUT2D eigenvalue weighted by molar-refractivity contribution is 5.75. The third kappa shape index (κ3) is 24.7. The number of carboxylic acids is 1. The second kappa shape index (κ2) is 21.8. The van der Waals surface area contributed by atoms with Crippen LogP contribution in [0.25, 0.3) is 0 Å². The van der Waals surface area contributed by atoms with E-state index in [-0.39, 0.29) is 17.9 Å². The van der Waals surface area contributed by atoms with Gasteiger partial charge < -0.3 is 20.4 Å². The van der Waals surface area contributed by atoms with Crippen molar-refractivity contribution in [3.8, 4) is 0 Å². The van der Waals surface area contributed by atoms with E-state index in [2.05, 4.69) is 24.4 Å². The lowest BCUT2D eigenvalue weighted by molar-refractivity contribution is -0.883. The molecule has 31 heavy (non-hydrogen) atoms. The number of aliphatic carboxylic acids is 1. The Kier molecular flexibility index (Phi) is 22.4. The summed E-state index contributed by atoms with van der Waals surface area (Å²) in [5, 5.41) is 11.8. The average Bonchev–Trinajstić information content (AvgIpc) is 2.67. The molecule has 0 aliphatic carbocycles. The molecule has 0 rings (SSSR count). The van der Waals surface area contributed by atoms with Gasteiger partial charge in [-0.3, -0.25) is 4.79 Å². The van der Waals surface area contributed by atoms with Crippen LogP contribution in [0.3, 0.4) is 0 Å². The standard InChI is InChI=1S/C25H48N2O3.H2O/c1-4-5-6-7-8-9-10-11-12-13-14-15-16-17-18-20-24(28)26-21-19-22-27(2,3)23-25(29)30;/h11-12H,4-10,13-23H2,1-3H3,(H-,26,28,29,30);1H2/b12-11-;. The lowest BCUT2D eigenvalue weighted by Crippen LogP contribution is -2.45. The summed E-state index contributed by atoms with van der Waals surface area (Å²) < 4.78 is 0.444. The molecule has 0 fully saturated rings. The van der Waals surface area contributed by atoms with E-state index >= 15 is 0 Å². The van der Waals surface area contributed by atoms with Crippen LogP contribution in [-0.2, 0) is 9.59 Å². The molecule has 0 unspecified atom stereocenters. The highest BCUT2D eigenvalue weighted by Gasteiger charge is 2.18. The fourth-order valence-electron chi connectivity index (χ4n) is 3.62. The molecule has 1 amide bonds. The molecule has 6 heteroatoms. The monoisotopic (exact) mass is 442 g/mol. The molecule has 0 saturated heterocycles. The average molecular weight is 443 g/mol. The van der Waals surface area contributed by atoms with E-state index in [9.17, 15) is 9.59 Å². The van der Waals surface area contributed by atoms with Crippen LogP contribution in [0.2, 0.25) is 0 Å². The van der Waals surface area contributed by atoms with Crippen molar-refractivity contribution in [3.05, 3.63) is 12.2 Å². The second-order valence-electron chi connectivity index (χ2n) is 9.25. The number of carbonyl (C=O) groups excluding carboxylic acids is 1. The molecule has 0 aromatic heterocycles. The Morgan fingerprint density at radius 1 is 0.806 bits per heavy atom. The lowest BCUT2D eigenvalue weighted by atomic mass is 10.1. The molecular weight excluding hydrogens is 392 g/mol. The van der Waals surface area contributed by atoms with Gasteiger partial charge in [0.25, 0.3) is 0 Å². The van der Waals surface area contributed by atoms with Gasteiger partial charge in [-0.1, -0.05) is 70.4 Å². The van der Waals surface area contributed by atoms with Gasteiger partial charge in [-0.05, 0) is 32.1 Å². The third-order valence-electron chi connectivity index (χ3n) is 5.49. The number of quaternary nitrogens is 1. The first-order chi connectivity index (χ1) is 14.4. The van der Waals surface area contributed by atoms with Gasteiger partial charge >= 0.3 is 5.97 Å². The van der Waals surface area contributed by atoms with Gasteiger partial charge in [0.05, 0.1) is 20.6 Å². The van der Waals surface area contributed by atoms with Crippen molar-refractivity contribution in [2.45, 2.75) is 103 Å². The van der Waals surface area contributed by atoms with Crippen molar-refractivity contribution < 1.29 is 24.7 Å². The van der Waals surface area contributed by atoms with Gasteiger partial charge in [0, 0.05) is 19.4 Å². The number of amides is 1. The highest BCUT2D eigenvalue weighted by atomic mass is 16.4.